The second kappa shape index (κ2) is 8.07. The zero-order chi connectivity index (χ0) is 19.4. The SMILES string of the molecule is Cc1c(C(=O)COC(=O)c2ccc(Cl)cc2)c2ccccn2c1CCC#N. The molecule has 136 valence electrons. The number of aryl methyl sites for hydroxylation is 1. The average Bonchev–Trinajstić information content (AvgIpc) is 2.96. The molecule has 0 bridgehead atoms. The Hall–Kier alpha value is -3.10. The molecular formula is C21H17ClN2O3. The Morgan fingerprint density at radius 2 is 1.93 bits per heavy atom. The lowest BCUT2D eigenvalue weighted by Gasteiger charge is -2.05. The van der Waals surface area contributed by atoms with Crippen LogP contribution in [0.1, 0.15) is 38.4 Å². The van der Waals surface area contributed by atoms with Crippen LogP contribution in [-0.2, 0) is 11.2 Å². The van der Waals surface area contributed by atoms with Crippen molar-refractivity contribution in [3.63, 3.8) is 0 Å². The first-order valence-electron chi connectivity index (χ1n) is 8.44. The van der Waals surface area contributed by atoms with Crippen molar-refractivity contribution in [1.82, 2.24) is 4.40 Å². The van der Waals surface area contributed by atoms with Crippen molar-refractivity contribution in [2.24, 2.45) is 0 Å². The highest BCUT2D eigenvalue weighted by molar-refractivity contribution is 6.30. The number of aromatic nitrogens is 1. The molecule has 1 aromatic carbocycles. The molecule has 0 saturated carbocycles. The average molecular weight is 381 g/mol. The number of esters is 1. The molecule has 0 amide bonds. The van der Waals surface area contributed by atoms with E-state index in [0.29, 0.717) is 29.0 Å². The van der Waals surface area contributed by atoms with Gasteiger partial charge in [0.15, 0.2) is 6.61 Å². The fraction of sp³-hybridized carbons (Fsp3) is 0.190. The third kappa shape index (κ3) is 3.86. The van der Waals surface area contributed by atoms with Crippen LogP contribution >= 0.6 is 11.6 Å². The number of hydrogen-bond donors (Lipinski definition) is 0. The van der Waals surface area contributed by atoms with Gasteiger partial charge in [-0.2, -0.15) is 5.26 Å². The number of rotatable bonds is 6. The molecule has 0 spiro atoms. The third-order valence-corrected chi connectivity index (χ3v) is 4.63. The van der Waals surface area contributed by atoms with E-state index < -0.39 is 5.97 Å². The molecule has 0 fully saturated rings. The van der Waals surface area contributed by atoms with Crippen molar-refractivity contribution in [2.75, 3.05) is 6.61 Å². The topological polar surface area (TPSA) is 71.6 Å². The number of nitrogens with zero attached hydrogens (tertiary/aromatic N) is 2. The Balaban J connectivity index is 1.83. The number of halogens is 1. The minimum Gasteiger partial charge on any atom is -0.454 e. The Bertz CT molecular complexity index is 1050. The maximum Gasteiger partial charge on any atom is 0.338 e. The number of benzene rings is 1. The number of Topliss-reactive ketones (excluding diaryl/α,β-unsaturated/α-hetero) is 1. The van der Waals surface area contributed by atoms with Gasteiger partial charge in [0.25, 0.3) is 0 Å². The minimum atomic E-state index is -0.578. The van der Waals surface area contributed by atoms with Crippen molar-refractivity contribution in [3.05, 3.63) is 76.1 Å². The monoisotopic (exact) mass is 380 g/mol. The zero-order valence-corrected chi connectivity index (χ0v) is 15.5. The van der Waals surface area contributed by atoms with E-state index in [1.54, 1.807) is 24.3 Å². The largest absolute Gasteiger partial charge is 0.454 e. The molecule has 0 radical (unpaired) electrons. The highest BCUT2D eigenvalue weighted by Gasteiger charge is 2.21. The smallest absolute Gasteiger partial charge is 0.338 e. The van der Waals surface area contributed by atoms with E-state index in [1.807, 2.05) is 35.7 Å². The quantitative estimate of drug-likeness (QED) is 0.469. The summed E-state index contributed by atoms with van der Waals surface area (Å²) >= 11 is 5.81. The molecule has 0 saturated heterocycles. The summed E-state index contributed by atoms with van der Waals surface area (Å²) in [5.41, 5.74) is 3.33. The van der Waals surface area contributed by atoms with Gasteiger partial charge in [-0.1, -0.05) is 17.7 Å². The number of fused-ring (bicyclic) bond motifs is 1. The van der Waals surface area contributed by atoms with Gasteiger partial charge < -0.3 is 9.14 Å². The van der Waals surface area contributed by atoms with Crippen molar-refractivity contribution in [2.45, 2.75) is 19.8 Å². The Morgan fingerprint density at radius 1 is 1.19 bits per heavy atom. The van der Waals surface area contributed by atoms with Crippen LogP contribution < -0.4 is 0 Å². The molecule has 3 aromatic rings. The van der Waals surface area contributed by atoms with Crippen LogP contribution in [0.3, 0.4) is 0 Å². The Kier molecular flexibility index (Phi) is 5.58. The molecule has 6 heteroatoms. The molecule has 2 heterocycles. The predicted molar refractivity (Wildman–Crippen MR) is 102 cm³/mol. The molecule has 27 heavy (non-hydrogen) atoms. The molecule has 2 aromatic heterocycles. The lowest BCUT2D eigenvalue weighted by molar-refractivity contribution is 0.0475. The van der Waals surface area contributed by atoms with E-state index in [4.69, 9.17) is 21.6 Å². The number of hydrogen-bond acceptors (Lipinski definition) is 4. The number of ether oxygens (including phenoxy) is 1. The number of nitriles is 1. The molecule has 0 atom stereocenters. The lowest BCUT2D eigenvalue weighted by Crippen LogP contribution is -2.15. The fourth-order valence-electron chi connectivity index (χ4n) is 3.11. The summed E-state index contributed by atoms with van der Waals surface area (Å²) in [6, 6.07) is 14.0. The number of carbonyl (C=O) groups excluding carboxylic acids is 2. The Morgan fingerprint density at radius 3 is 2.63 bits per heavy atom. The lowest BCUT2D eigenvalue weighted by atomic mass is 10.1. The summed E-state index contributed by atoms with van der Waals surface area (Å²) in [4.78, 5) is 24.9. The summed E-state index contributed by atoms with van der Waals surface area (Å²) in [5, 5.41) is 9.40. The highest BCUT2D eigenvalue weighted by atomic mass is 35.5. The summed E-state index contributed by atoms with van der Waals surface area (Å²) in [7, 11) is 0. The van der Waals surface area contributed by atoms with Crippen LogP contribution in [0.4, 0.5) is 0 Å². The van der Waals surface area contributed by atoms with Gasteiger partial charge in [-0.15, -0.1) is 0 Å². The molecule has 0 aliphatic rings. The normalized spacial score (nSPS) is 10.6. The second-order valence-electron chi connectivity index (χ2n) is 6.07. The van der Waals surface area contributed by atoms with Crippen LogP contribution in [-0.4, -0.2) is 22.8 Å². The van der Waals surface area contributed by atoms with Crippen LogP contribution in [0.5, 0.6) is 0 Å². The first kappa shape index (κ1) is 18.7. The first-order valence-corrected chi connectivity index (χ1v) is 8.82. The van der Waals surface area contributed by atoms with Crippen LogP contribution in [0.15, 0.2) is 48.7 Å². The van der Waals surface area contributed by atoms with Crippen molar-refractivity contribution < 1.29 is 14.3 Å². The standard InChI is InChI=1S/C21H17ClN2O3/c1-14-17(6-4-11-23)24-12-3-2-5-18(24)20(14)19(25)13-27-21(26)15-7-9-16(22)10-8-15/h2-3,5,7-10,12H,4,6,13H2,1H3. The highest BCUT2D eigenvalue weighted by Crippen LogP contribution is 2.25. The third-order valence-electron chi connectivity index (χ3n) is 4.38. The summed E-state index contributed by atoms with van der Waals surface area (Å²) < 4.78 is 7.10. The Labute approximate surface area is 161 Å². The van der Waals surface area contributed by atoms with Gasteiger partial charge in [0.1, 0.15) is 0 Å². The van der Waals surface area contributed by atoms with Crippen molar-refractivity contribution in [3.8, 4) is 6.07 Å². The maximum atomic E-state index is 12.8. The fourth-order valence-corrected chi connectivity index (χ4v) is 3.23. The predicted octanol–water partition coefficient (Wildman–Crippen LogP) is 4.40. The maximum absolute atomic E-state index is 12.8. The van der Waals surface area contributed by atoms with Crippen molar-refractivity contribution in [1.29, 1.82) is 5.26 Å². The van der Waals surface area contributed by atoms with E-state index in [2.05, 4.69) is 6.07 Å². The van der Waals surface area contributed by atoms with E-state index in [9.17, 15) is 9.59 Å². The van der Waals surface area contributed by atoms with E-state index in [1.165, 1.54) is 0 Å². The molecule has 0 aliphatic carbocycles. The van der Waals surface area contributed by atoms with Gasteiger partial charge in [-0.05, 0) is 48.9 Å². The molecule has 3 rings (SSSR count). The van der Waals surface area contributed by atoms with Gasteiger partial charge in [-0.25, -0.2) is 4.79 Å². The summed E-state index contributed by atoms with van der Waals surface area (Å²) in [6.07, 6.45) is 2.78. The number of pyridine rings is 1. The number of ketones is 1. The van der Waals surface area contributed by atoms with Crippen molar-refractivity contribution >= 4 is 28.9 Å². The van der Waals surface area contributed by atoms with Crippen LogP contribution in [0.25, 0.3) is 5.52 Å². The van der Waals surface area contributed by atoms with E-state index in [0.717, 1.165) is 16.8 Å². The van der Waals surface area contributed by atoms with Crippen LogP contribution in [0.2, 0.25) is 5.02 Å². The number of carbonyl (C=O) groups is 2. The zero-order valence-electron chi connectivity index (χ0n) is 14.7. The minimum absolute atomic E-state index is 0.276. The van der Waals surface area contributed by atoms with E-state index in [-0.39, 0.29) is 12.4 Å². The summed E-state index contributed by atoms with van der Waals surface area (Å²) in [6.45, 7) is 1.50. The van der Waals surface area contributed by atoms with E-state index >= 15 is 0 Å². The first-order chi connectivity index (χ1) is 13.0. The second-order valence-corrected chi connectivity index (χ2v) is 6.50. The molecular weight excluding hydrogens is 364 g/mol. The van der Waals surface area contributed by atoms with Gasteiger partial charge in [0, 0.05) is 35.3 Å². The summed E-state index contributed by atoms with van der Waals surface area (Å²) in [5.74, 6) is -0.854. The van der Waals surface area contributed by atoms with Gasteiger partial charge in [0.2, 0.25) is 5.78 Å². The van der Waals surface area contributed by atoms with Gasteiger partial charge >= 0.3 is 5.97 Å². The molecule has 0 aliphatic heterocycles. The van der Waals surface area contributed by atoms with Gasteiger partial charge in [-0.3, -0.25) is 4.79 Å². The van der Waals surface area contributed by atoms with Gasteiger partial charge in [0.05, 0.1) is 17.1 Å². The molecule has 0 unspecified atom stereocenters. The molecule has 5 nitrogen and oxygen atoms in total. The van der Waals surface area contributed by atoms with Crippen LogP contribution in [0, 0.1) is 18.3 Å². The molecule has 0 N–H and O–H groups in total.